The fourth-order valence-electron chi connectivity index (χ4n) is 2.11. The lowest BCUT2D eigenvalue weighted by atomic mass is 10.3. The van der Waals surface area contributed by atoms with Gasteiger partial charge >= 0.3 is 5.97 Å². The average molecular weight is 304 g/mol. The predicted molar refractivity (Wildman–Crippen MR) is 68.2 cm³/mol. The van der Waals surface area contributed by atoms with E-state index in [2.05, 4.69) is 15.2 Å². The van der Waals surface area contributed by atoms with Crippen molar-refractivity contribution in [3.8, 4) is 0 Å². The molecule has 1 aromatic heterocycles. The highest BCUT2D eigenvalue weighted by Gasteiger charge is 2.27. The SMILES string of the molecule is CCOC(=O)c1nnn(CCN2CCOCC2)c1C(F)F. The molecule has 9 heteroatoms. The summed E-state index contributed by atoms with van der Waals surface area (Å²) in [5, 5.41) is 7.19. The fraction of sp³-hybridized carbons (Fsp3) is 0.750. The van der Waals surface area contributed by atoms with Gasteiger partial charge in [-0.25, -0.2) is 18.3 Å². The Morgan fingerprint density at radius 3 is 2.71 bits per heavy atom. The van der Waals surface area contributed by atoms with E-state index in [1.165, 1.54) is 0 Å². The van der Waals surface area contributed by atoms with E-state index in [0.29, 0.717) is 19.8 Å². The number of esters is 1. The smallest absolute Gasteiger partial charge is 0.361 e. The van der Waals surface area contributed by atoms with E-state index in [0.717, 1.165) is 17.8 Å². The van der Waals surface area contributed by atoms with Crippen molar-refractivity contribution in [2.24, 2.45) is 0 Å². The van der Waals surface area contributed by atoms with Gasteiger partial charge in [0.1, 0.15) is 5.69 Å². The third-order valence-electron chi connectivity index (χ3n) is 3.18. The molecule has 0 aliphatic carbocycles. The van der Waals surface area contributed by atoms with Gasteiger partial charge in [0.2, 0.25) is 0 Å². The Morgan fingerprint density at radius 2 is 2.10 bits per heavy atom. The molecule has 1 saturated heterocycles. The molecule has 0 aromatic carbocycles. The minimum Gasteiger partial charge on any atom is -0.461 e. The van der Waals surface area contributed by atoms with Crippen LogP contribution in [0.4, 0.5) is 8.78 Å². The summed E-state index contributed by atoms with van der Waals surface area (Å²) in [6.07, 6.45) is -2.83. The van der Waals surface area contributed by atoms with E-state index in [4.69, 9.17) is 9.47 Å². The monoisotopic (exact) mass is 304 g/mol. The predicted octanol–water partition coefficient (Wildman–Crippen LogP) is 0.725. The Hall–Kier alpha value is -1.61. The van der Waals surface area contributed by atoms with Crippen LogP contribution in [0.25, 0.3) is 0 Å². The third kappa shape index (κ3) is 3.94. The first-order valence-electron chi connectivity index (χ1n) is 6.82. The van der Waals surface area contributed by atoms with Crippen molar-refractivity contribution in [1.29, 1.82) is 0 Å². The Kier molecular flexibility index (Phi) is 5.57. The van der Waals surface area contributed by atoms with Crippen molar-refractivity contribution in [2.45, 2.75) is 19.9 Å². The van der Waals surface area contributed by atoms with Crippen molar-refractivity contribution in [1.82, 2.24) is 19.9 Å². The Bertz CT molecular complexity index is 475. The van der Waals surface area contributed by atoms with Crippen LogP contribution in [0.2, 0.25) is 0 Å². The lowest BCUT2D eigenvalue weighted by Crippen LogP contribution is -2.38. The Morgan fingerprint density at radius 1 is 1.38 bits per heavy atom. The lowest BCUT2D eigenvalue weighted by molar-refractivity contribution is 0.0351. The van der Waals surface area contributed by atoms with E-state index < -0.39 is 23.8 Å². The van der Waals surface area contributed by atoms with Gasteiger partial charge in [-0.2, -0.15) is 0 Å². The molecule has 0 unspecified atom stereocenters. The van der Waals surface area contributed by atoms with Crippen LogP contribution >= 0.6 is 0 Å². The van der Waals surface area contributed by atoms with Gasteiger partial charge in [0.25, 0.3) is 6.43 Å². The molecule has 0 spiro atoms. The van der Waals surface area contributed by atoms with Crippen LogP contribution in [0.15, 0.2) is 0 Å². The first-order valence-corrected chi connectivity index (χ1v) is 6.82. The van der Waals surface area contributed by atoms with Gasteiger partial charge in [-0.05, 0) is 6.92 Å². The standard InChI is InChI=1S/C12H18F2N4O3/c1-2-21-12(19)9-10(11(13)14)18(16-15-9)4-3-17-5-7-20-8-6-17/h11H,2-8H2,1H3. The molecule has 2 rings (SSSR count). The zero-order valence-electron chi connectivity index (χ0n) is 11.8. The summed E-state index contributed by atoms with van der Waals surface area (Å²) >= 11 is 0. The molecule has 0 saturated carbocycles. The number of hydrogen-bond acceptors (Lipinski definition) is 6. The first-order chi connectivity index (χ1) is 10.1. The molecule has 0 amide bonds. The van der Waals surface area contributed by atoms with E-state index in [9.17, 15) is 13.6 Å². The van der Waals surface area contributed by atoms with Gasteiger partial charge in [0.15, 0.2) is 5.69 Å². The lowest BCUT2D eigenvalue weighted by Gasteiger charge is -2.26. The second-order valence-corrected chi connectivity index (χ2v) is 4.52. The van der Waals surface area contributed by atoms with Gasteiger partial charge in [-0.3, -0.25) is 4.90 Å². The molecule has 0 radical (unpaired) electrons. The zero-order chi connectivity index (χ0) is 15.2. The number of alkyl halides is 2. The van der Waals surface area contributed by atoms with Gasteiger partial charge in [-0.1, -0.05) is 5.21 Å². The molecule has 1 aromatic rings. The normalized spacial score (nSPS) is 16.4. The fourth-order valence-corrected chi connectivity index (χ4v) is 2.11. The van der Waals surface area contributed by atoms with Crippen molar-refractivity contribution < 1.29 is 23.0 Å². The molecule has 21 heavy (non-hydrogen) atoms. The second kappa shape index (κ2) is 7.41. The highest BCUT2D eigenvalue weighted by Crippen LogP contribution is 2.22. The number of hydrogen-bond donors (Lipinski definition) is 0. The van der Waals surface area contributed by atoms with E-state index in [1.807, 2.05) is 0 Å². The van der Waals surface area contributed by atoms with Crippen LogP contribution in [-0.2, 0) is 16.0 Å². The summed E-state index contributed by atoms with van der Waals surface area (Å²) in [5.41, 5.74) is -0.893. The molecule has 2 heterocycles. The highest BCUT2D eigenvalue weighted by atomic mass is 19.3. The molecule has 0 bridgehead atoms. The summed E-state index contributed by atoms with van der Waals surface area (Å²) in [6.45, 7) is 5.26. The molecule has 0 N–H and O–H groups in total. The summed E-state index contributed by atoms with van der Waals surface area (Å²) in [7, 11) is 0. The van der Waals surface area contributed by atoms with Crippen molar-refractivity contribution >= 4 is 5.97 Å². The van der Waals surface area contributed by atoms with Gasteiger partial charge < -0.3 is 9.47 Å². The summed E-state index contributed by atoms with van der Waals surface area (Å²) in [6, 6.07) is 0. The largest absolute Gasteiger partial charge is 0.461 e. The molecule has 1 aliphatic heterocycles. The Labute approximate surface area is 120 Å². The van der Waals surface area contributed by atoms with Crippen LogP contribution in [0.5, 0.6) is 0 Å². The minimum atomic E-state index is -2.83. The number of rotatable bonds is 6. The summed E-state index contributed by atoms with van der Waals surface area (Å²) in [5.74, 6) is -0.870. The van der Waals surface area contributed by atoms with Crippen LogP contribution in [0, 0.1) is 0 Å². The number of nitrogens with zero attached hydrogens (tertiary/aromatic N) is 4. The van der Waals surface area contributed by atoms with Crippen LogP contribution in [0.3, 0.4) is 0 Å². The second-order valence-electron chi connectivity index (χ2n) is 4.52. The average Bonchev–Trinajstić information content (AvgIpc) is 2.90. The van der Waals surface area contributed by atoms with Crippen LogP contribution < -0.4 is 0 Å². The van der Waals surface area contributed by atoms with E-state index in [1.54, 1.807) is 6.92 Å². The zero-order valence-corrected chi connectivity index (χ0v) is 11.8. The van der Waals surface area contributed by atoms with Gasteiger partial charge in [0, 0.05) is 19.6 Å². The van der Waals surface area contributed by atoms with E-state index in [-0.39, 0.29) is 13.2 Å². The maximum Gasteiger partial charge on any atom is 0.361 e. The summed E-state index contributed by atoms with van der Waals surface area (Å²) < 4.78 is 37.3. The topological polar surface area (TPSA) is 69.5 Å². The molecule has 1 aliphatic rings. The Balaban J connectivity index is 2.06. The quantitative estimate of drug-likeness (QED) is 0.722. The number of ether oxygens (including phenoxy) is 2. The molecule has 0 atom stereocenters. The number of aromatic nitrogens is 3. The van der Waals surface area contributed by atoms with Gasteiger partial charge in [-0.15, -0.1) is 5.10 Å². The molecule has 7 nitrogen and oxygen atoms in total. The maximum absolute atomic E-state index is 13.1. The van der Waals surface area contributed by atoms with Crippen LogP contribution in [0.1, 0.15) is 29.5 Å². The van der Waals surface area contributed by atoms with Crippen molar-refractivity contribution in [2.75, 3.05) is 39.5 Å². The minimum absolute atomic E-state index is 0.0994. The van der Waals surface area contributed by atoms with Gasteiger partial charge in [0.05, 0.1) is 26.4 Å². The number of carbonyl (C=O) groups is 1. The maximum atomic E-state index is 13.1. The molecular weight excluding hydrogens is 286 g/mol. The number of halogens is 2. The molecule has 118 valence electrons. The highest BCUT2D eigenvalue weighted by molar-refractivity contribution is 5.88. The van der Waals surface area contributed by atoms with E-state index >= 15 is 0 Å². The van der Waals surface area contributed by atoms with Crippen molar-refractivity contribution in [3.05, 3.63) is 11.4 Å². The summed E-state index contributed by atoms with van der Waals surface area (Å²) in [4.78, 5) is 13.7. The van der Waals surface area contributed by atoms with Crippen molar-refractivity contribution in [3.63, 3.8) is 0 Å². The number of morpholine rings is 1. The first kappa shape index (κ1) is 15.8. The van der Waals surface area contributed by atoms with Crippen LogP contribution in [-0.4, -0.2) is 65.3 Å². The molecular formula is C12H18F2N4O3. The third-order valence-corrected chi connectivity index (χ3v) is 3.18. The molecule has 1 fully saturated rings. The number of carbonyl (C=O) groups excluding carboxylic acids is 1.